The number of nitrogens with one attached hydrogen (secondary N) is 1. The first-order chi connectivity index (χ1) is 4.27. The molecule has 1 atom stereocenters. The van der Waals surface area contributed by atoms with Crippen molar-refractivity contribution < 1.29 is 0 Å². The number of hydrogen-bond acceptors (Lipinski definition) is 2. The Morgan fingerprint density at radius 1 is 1.60 bits per heavy atom. The van der Waals surface area contributed by atoms with E-state index in [1.807, 2.05) is 0 Å². The van der Waals surface area contributed by atoms with Gasteiger partial charge in [0.15, 0.2) is 0 Å². The first-order valence-corrected chi connectivity index (χ1v) is 4.64. The second kappa shape index (κ2) is 4.47. The molecule has 0 radical (unpaired) electrons. The minimum absolute atomic E-state index is 0. The summed E-state index contributed by atoms with van der Waals surface area (Å²) in [6.45, 7) is 5.74. The van der Waals surface area contributed by atoms with Crippen LogP contribution in [0.1, 0.15) is 26.7 Å². The van der Waals surface area contributed by atoms with Crippen molar-refractivity contribution in [2.24, 2.45) is 0 Å². The van der Waals surface area contributed by atoms with Gasteiger partial charge in [0.2, 0.25) is 0 Å². The first kappa shape index (κ1) is 10.6. The molecule has 0 aliphatic carbocycles. The second-order valence-corrected chi connectivity index (χ2v) is 4.35. The Morgan fingerprint density at radius 3 is 2.70 bits per heavy atom. The summed E-state index contributed by atoms with van der Waals surface area (Å²) in [6.07, 6.45) is 2.59. The summed E-state index contributed by atoms with van der Waals surface area (Å²) in [6, 6.07) is 0. The first-order valence-electron chi connectivity index (χ1n) is 3.66. The van der Waals surface area contributed by atoms with Gasteiger partial charge in [-0.15, -0.1) is 24.2 Å². The van der Waals surface area contributed by atoms with Gasteiger partial charge in [-0.25, -0.2) is 0 Å². The van der Waals surface area contributed by atoms with Crippen LogP contribution in [0.15, 0.2) is 0 Å². The molecule has 0 saturated carbocycles. The molecule has 1 rings (SSSR count). The predicted molar refractivity (Wildman–Crippen MR) is 51.0 cm³/mol. The molecule has 1 N–H and O–H groups in total. The van der Waals surface area contributed by atoms with Crippen LogP contribution in [0.25, 0.3) is 0 Å². The van der Waals surface area contributed by atoms with E-state index in [9.17, 15) is 0 Å². The molecule has 0 aromatic carbocycles. The molecule has 1 fully saturated rings. The van der Waals surface area contributed by atoms with Crippen LogP contribution < -0.4 is 5.32 Å². The molecule has 0 aromatic heterocycles. The van der Waals surface area contributed by atoms with Gasteiger partial charge in [-0.3, -0.25) is 0 Å². The molecule has 1 aliphatic heterocycles. The maximum absolute atomic E-state index is 3.50. The van der Waals surface area contributed by atoms with E-state index in [1.54, 1.807) is 0 Å². The van der Waals surface area contributed by atoms with Crippen molar-refractivity contribution in [1.82, 2.24) is 5.32 Å². The molecule has 0 bridgehead atoms. The van der Waals surface area contributed by atoms with Crippen LogP contribution in [0.4, 0.5) is 0 Å². The fourth-order valence-electron chi connectivity index (χ4n) is 1.28. The number of hydrogen-bond donors (Lipinski definition) is 1. The highest BCUT2D eigenvalue weighted by Gasteiger charge is 2.26. The summed E-state index contributed by atoms with van der Waals surface area (Å²) in [5.74, 6) is 1.29. The van der Waals surface area contributed by atoms with Gasteiger partial charge in [0.05, 0.1) is 4.87 Å². The fraction of sp³-hybridized carbons (Fsp3) is 1.00. The normalized spacial score (nSPS) is 31.8. The molecule has 1 heterocycles. The summed E-state index contributed by atoms with van der Waals surface area (Å²) in [5.41, 5.74) is 0. The van der Waals surface area contributed by atoms with Crippen LogP contribution in [-0.4, -0.2) is 17.2 Å². The zero-order valence-corrected chi connectivity index (χ0v) is 8.28. The zero-order chi connectivity index (χ0) is 6.74. The lowest BCUT2D eigenvalue weighted by Gasteiger charge is -2.21. The Kier molecular flexibility index (Phi) is 4.74. The van der Waals surface area contributed by atoms with Gasteiger partial charge in [0.1, 0.15) is 0 Å². The lowest BCUT2D eigenvalue weighted by Crippen LogP contribution is -2.33. The van der Waals surface area contributed by atoms with E-state index in [1.165, 1.54) is 25.1 Å². The number of rotatable bonds is 2. The van der Waals surface area contributed by atoms with Crippen molar-refractivity contribution in [2.75, 3.05) is 12.3 Å². The molecule has 1 unspecified atom stereocenters. The summed E-state index contributed by atoms with van der Waals surface area (Å²) < 4.78 is 0. The maximum atomic E-state index is 3.50. The summed E-state index contributed by atoms with van der Waals surface area (Å²) >= 11 is 2.06. The summed E-state index contributed by atoms with van der Waals surface area (Å²) in [4.78, 5) is 0.411. The quantitative estimate of drug-likeness (QED) is 0.702. The van der Waals surface area contributed by atoms with Crippen LogP contribution in [-0.2, 0) is 0 Å². The van der Waals surface area contributed by atoms with Crippen molar-refractivity contribution >= 4 is 24.2 Å². The Morgan fingerprint density at radius 2 is 2.30 bits per heavy atom. The van der Waals surface area contributed by atoms with Gasteiger partial charge in [-0.05, 0) is 13.3 Å². The van der Waals surface area contributed by atoms with Crippen LogP contribution in [0.3, 0.4) is 0 Å². The topological polar surface area (TPSA) is 12.0 Å². The molecule has 1 nitrogen and oxygen atoms in total. The molecule has 0 aromatic rings. The van der Waals surface area contributed by atoms with Gasteiger partial charge in [-0.2, -0.15) is 0 Å². The summed E-state index contributed by atoms with van der Waals surface area (Å²) in [7, 11) is 0. The third-order valence-corrected chi connectivity index (χ3v) is 3.14. The van der Waals surface area contributed by atoms with Crippen LogP contribution in [0.2, 0.25) is 0 Å². The van der Waals surface area contributed by atoms with Gasteiger partial charge in [0.25, 0.3) is 0 Å². The van der Waals surface area contributed by atoms with Crippen molar-refractivity contribution in [2.45, 2.75) is 31.6 Å². The number of thioether (sulfide) groups is 1. The molecule has 0 spiro atoms. The third kappa shape index (κ3) is 2.69. The molecule has 62 valence electrons. The van der Waals surface area contributed by atoms with Crippen LogP contribution >= 0.6 is 24.2 Å². The highest BCUT2D eigenvalue weighted by atomic mass is 35.5. The molecular formula is C7H16ClNS. The highest BCUT2D eigenvalue weighted by Crippen LogP contribution is 2.30. The molecule has 1 saturated heterocycles. The largest absolute Gasteiger partial charge is 0.302 e. The lowest BCUT2D eigenvalue weighted by atomic mass is 10.2. The second-order valence-electron chi connectivity index (χ2n) is 2.76. The van der Waals surface area contributed by atoms with Crippen LogP contribution in [0, 0.1) is 0 Å². The summed E-state index contributed by atoms with van der Waals surface area (Å²) in [5, 5.41) is 3.50. The zero-order valence-electron chi connectivity index (χ0n) is 6.64. The van der Waals surface area contributed by atoms with Crippen molar-refractivity contribution in [1.29, 1.82) is 0 Å². The molecule has 0 amide bonds. The smallest absolute Gasteiger partial charge is 0.0617 e. The Bertz CT molecular complexity index is 91.6. The van der Waals surface area contributed by atoms with E-state index in [-0.39, 0.29) is 12.4 Å². The third-order valence-electron chi connectivity index (χ3n) is 1.75. The minimum atomic E-state index is 0. The van der Waals surface area contributed by atoms with Gasteiger partial charge < -0.3 is 5.32 Å². The van der Waals surface area contributed by atoms with E-state index in [0.717, 1.165) is 0 Å². The molecule has 10 heavy (non-hydrogen) atoms. The van der Waals surface area contributed by atoms with E-state index < -0.39 is 0 Å². The lowest BCUT2D eigenvalue weighted by molar-refractivity contribution is 0.500. The minimum Gasteiger partial charge on any atom is -0.302 e. The van der Waals surface area contributed by atoms with E-state index in [0.29, 0.717) is 4.87 Å². The Balaban J connectivity index is 0.000000810. The van der Waals surface area contributed by atoms with E-state index in [4.69, 9.17) is 0 Å². The fourth-order valence-corrected chi connectivity index (χ4v) is 2.49. The standard InChI is InChI=1S/C7H15NS.ClH/c1-3-4-7(2)8-5-6-9-7;/h8H,3-6H2,1-2H3;1H. The molecule has 1 aliphatic rings. The average molecular weight is 182 g/mol. The predicted octanol–water partition coefficient (Wildman–Crippen LogP) is 2.26. The SMILES string of the molecule is CCCC1(C)NCCS1.Cl. The Hall–Kier alpha value is 0.600. The molecule has 3 heteroatoms. The van der Waals surface area contributed by atoms with Crippen molar-refractivity contribution in [3.63, 3.8) is 0 Å². The van der Waals surface area contributed by atoms with Crippen molar-refractivity contribution in [3.05, 3.63) is 0 Å². The van der Waals surface area contributed by atoms with E-state index >= 15 is 0 Å². The van der Waals surface area contributed by atoms with Crippen molar-refractivity contribution in [3.8, 4) is 0 Å². The van der Waals surface area contributed by atoms with Crippen LogP contribution in [0.5, 0.6) is 0 Å². The maximum Gasteiger partial charge on any atom is 0.0617 e. The van der Waals surface area contributed by atoms with E-state index in [2.05, 4.69) is 30.9 Å². The Labute approximate surface area is 73.7 Å². The number of halogens is 1. The van der Waals surface area contributed by atoms with Gasteiger partial charge in [-0.1, -0.05) is 13.3 Å². The van der Waals surface area contributed by atoms with Gasteiger partial charge in [0, 0.05) is 12.3 Å². The highest BCUT2D eigenvalue weighted by molar-refractivity contribution is 8.00. The average Bonchev–Trinajstić information content (AvgIpc) is 2.16. The monoisotopic (exact) mass is 181 g/mol. The van der Waals surface area contributed by atoms with Gasteiger partial charge >= 0.3 is 0 Å². The molecular weight excluding hydrogens is 166 g/mol.